The van der Waals surface area contributed by atoms with Gasteiger partial charge in [-0.15, -0.1) is 0 Å². The number of unbranched alkanes of at least 4 members (excludes halogenated alkanes) is 2. The minimum absolute atomic E-state index is 0.0193. The molecule has 2 N–H and O–H groups in total. The second kappa shape index (κ2) is 18.4. The van der Waals surface area contributed by atoms with E-state index in [0.717, 1.165) is 38.5 Å². The molecule has 0 aliphatic rings. The monoisotopic (exact) mass is 442 g/mol. The quantitative estimate of drug-likeness (QED) is 0.221. The third kappa shape index (κ3) is 19.3. The Kier molecular flexibility index (Phi) is 17.0. The van der Waals surface area contributed by atoms with Crippen LogP contribution in [0.3, 0.4) is 0 Å². The van der Waals surface area contributed by atoms with Crippen molar-refractivity contribution in [2.24, 2.45) is 11.3 Å². The molecule has 0 spiro atoms. The molecule has 0 aromatic heterocycles. The Balaban J connectivity index is 3.81. The maximum atomic E-state index is 11.8. The summed E-state index contributed by atoms with van der Waals surface area (Å²) in [5.74, 6) is 0.285. The molecule has 8 nitrogen and oxygen atoms in total. The van der Waals surface area contributed by atoms with Crippen LogP contribution in [0.5, 0.6) is 0 Å². The van der Waals surface area contributed by atoms with Gasteiger partial charge in [0.05, 0.1) is 39.0 Å². The zero-order chi connectivity index (χ0) is 23.4. The molecule has 0 saturated carbocycles. The van der Waals surface area contributed by atoms with E-state index in [9.17, 15) is 9.59 Å². The van der Waals surface area contributed by atoms with Gasteiger partial charge in [-0.2, -0.15) is 0 Å². The lowest BCUT2D eigenvalue weighted by molar-refractivity contribution is 0.134. The second-order valence-electron chi connectivity index (χ2n) is 8.29. The van der Waals surface area contributed by atoms with Crippen LogP contribution < -0.4 is 10.6 Å². The summed E-state index contributed by atoms with van der Waals surface area (Å²) in [6.45, 7) is 16.3. The van der Waals surface area contributed by atoms with Gasteiger partial charge in [-0.3, -0.25) is 0 Å². The fraction of sp³-hybridized carbons (Fsp3) is 0.739. The largest absolute Gasteiger partial charge is 0.502 e. The summed E-state index contributed by atoms with van der Waals surface area (Å²) in [4.78, 5) is 23.5. The highest BCUT2D eigenvalue weighted by Crippen LogP contribution is 2.28. The maximum absolute atomic E-state index is 11.8. The van der Waals surface area contributed by atoms with Crippen LogP contribution in [-0.4, -0.2) is 51.7 Å². The number of rotatable bonds is 19. The smallest absolute Gasteiger partial charge is 0.407 e. The van der Waals surface area contributed by atoms with Crippen LogP contribution in [0.25, 0.3) is 0 Å². The van der Waals surface area contributed by atoms with Gasteiger partial charge in [0.1, 0.15) is 0 Å². The number of nitrogens with one attached hydrogen (secondary N) is 2. The molecule has 0 aliphatic heterocycles. The Bertz CT molecular complexity index is 510. The Morgan fingerprint density at radius 1 is 0.871 bits per heavy atom. The van der Waals surface area contributed by atoms with Crippen molar-refractivity contribution in [2.45, 2.75) is 59.3 Å². The molecule has 0 fully saturated rings. The molecule has 180 valence electrons. The van der Waals surface area contributed by atoms with E-state index in [4.69, 9.17) is 18.9 Å². The van der Waals surface area contributed by atoms with Crippen molar-refractivity contribution in [3.8, 4) is 0 Å². The first-order valence-electron chi connectivity index (χ1n) is 11.1. The van der Waals surface area contributed by atoms with Gasteiger partial charge in [0.25, 0.3) is 0 Å². The number of ether oxygens (including phenoxy) is 4. The summed E-state index contributed by atoms with van der Waals surface area (Å²) in [6.07, 6.45) is 6.88. The van der Waals surface area contributed by atoms with Crippen molar-refractivity contribution in [3.63, 3.8) is 0 Å². The molecule has 0 aromatic carbocycles. The molecule has 1 atom stereocenters. The Labute approximate surface area is 187 Å². The number of carbonyl (C=O) groups excluding carboxylic acids is 2. The van der Waals surface area contributed by atoms with E-state index in [1.165, 1.54) is 12.5 Å². The Morgan fingerprint density at radius 2 is 1.35 bits per heavy atom. The predicted molar refractivity (Wildman–Crippen MR) is 122 cm³/mol. The second-order valence-corrected chi connectivity index (χ2v) is 8.29. The van der Waals surface area contributed by atoms with Gasteiger partial charge >= 0.3 is 12.2 Å². The zero-order valence-electron chi connectivity index (χ0n) is 19.6. The highest BCUT2D eigenvalue weighted by molar-refractivity contribution is 5.67. The van der Waals surface area contributed by atoms with Gasteiger partial charge in [0.15, 0.2) is 0 Å². The minimum atomic E-state index is -0.394. The highest BCUT2D eigenvalue weighted by atomic mass is 16.6. The van der Waals surface area contributed by atoms with E-state index in [2.05, 4.69) is 44.6 Å². The van der Waals surface area contributed by atoms with E-state index >= 15 is 0 Å². The molecule has 2 amide bonds. The first kappa shape index (κ1) is 28.6. The predicted octanol–water partition coefficient (Wildman–Crippen LogP) is 4.76. The lowest BCUT2D eigenvalue weighted by Gasteiger charge is -2.28. The summed E-state index contributed by atoms with van der Waals surface area (Å²) in [5, 5.41) is 5.60. The molecule has 0 saturated heterocycles. The molecule has 0 radical (unpaired) electrons. The van der Waals surface area contributed by atoms with Gasteiger partial charge in [0.2, 0.25) is 0 Å². The molecule has 0 aromatic rings. The number of hydrogen-bond acceptors (Lipinski definition) is 6. The molecule has 8 heteroatoms. The van der Waals surface area contributed by atoms with Crippen LogP contribution in [0.4, 0.5) is 9.59 Å². The highest BCUT2D eigenvalue weighted by Gasteiger charge is 2.21. The van der Waals surface area contributed by atoms with Crippen LogP contribution in [0.15, 0.2) is 25.7 Å². The fourth-order valence-electron chi connectivity index (χ4n) is 3.05. The van der Waals surface area contributed by atoms with Gasteiger partial charge in [-0.1, -0.05) is 33.9 Å². The number of carbonyl (C=O) groups is 2. The van der Waals surface area contributed by atoms with Crippen LogP contribution >= 0.6 is 0 Å². The molecule has 1 unspecified atom stereocenters. The minimum Gasteiger partial charge on any atom is -0.502 e. The van der Waals surface area contributed by atoms with E-state index in [1.54, 1.807) is 0 Å². The lowest BCUT2D eigenvalue weighted by atomic mass is 9.80. The third-order valence-electron chi connectivity index (χ3n) is 4.58. The van der Waals surface area contributed by atoms with E-state index in [0.29, 0.717) is 39.5 Å². The molecule has 0 heterocycles. The summed E-state index contributed by atoms with van der Waals surface area (Å²) >= 11 is 0. The summed E-state index contributed by atoms with van der Waals surface area (Å²) in [5.41, 5.74) is 0.0193. The number of hydrogen-bond donors (Lipinski definition) is 2. The molecule has 31 heavy (non-hydrogen) atoms. The van der Waals surface area contributed by atoms with Crippen molar-refractivity contribution < 1.29 is 28.5 Å². The molecule has 0 rings (SSSR count). The lowest BCUT2D eigenvalue weighted by Crippen LogP contribution is -2.33. The van der Waals surface area contributed by atoms with E-state index < -0.39 is 12.2 Å². The fourth-order valence-corrected chi connectivity index (χ4v) is 3.05. The Morgan fingerprint density at radius 3 is 1.87 bits per heavy atom. The van der Waals surface area contributed by atoms with E-state index in [1.807, 2.05) is 0 Å². The van der Waals surface area contributed by atoms with Crippen LogP contribution in [0, 0.1) is 11.3 Å². The van der Waals surface area contributed by atoms with Crippen molar-refractivity contribution in [1.82, 2.24) is 10.6 Å². The molecular formula is C23H42N2O6. The van der Waals surface area contributed by atoms with Gasteiger partial charge in [-0.25, -0.2) is 9.59 Å². The number of alkyl carbamates (subject to hydrolysis) is 2. The zero-order valence-corrected chi connectivity index (χ0v) is 19.6. The summed E-state index contributed by atoms with van der Waals surface area (Å²) in [6, 6.07) is 0. The van der Waals surface area contributed by atoms with Gasteiger partial charge in [-0.05, 0) is 49.9 Å². The van der Waals surface area contributed by atoms with Crippen molar-refractivity contribution in [2.75, 3.05) is 39.5 Å². The van der Waals surface area contributed by atoms with Gasteiger partial charge in [0, 0.05) is 13.1 Å². The Hall–Kier alpha value is -2.38. The normalized spacial score (nSPS) is 11.7. The first-order chi connectivity index (χ1) is 14.8. The van der Waals surface area contributed by atoms with Crippen molar-refractivity contribution in [3.05, 3.63) is 25.7 Å². The molecule has 0 aliphatic carbocycles. The summed E-state index contributed by atoms with van der Waals surface area (Å²) in [7, 11) is 0. The summed E-state index contributed by atoms with van der Waals surface area (Å²) < 4.78 is 20.3. The molecular weight excluding hydrogens is 400 g/mol. The van der Waals surface area contributed by atoms with Crippen molar-refractivity contribution in [1.29, 1.82) is 0 Å². The number of amides is 2. The average Bonchev–Trinajstić information content (AvgIpc) is 2.71. The average molecular weight is 443 g/mol. The SMILES string of the molecule is C=COCCCCOC(=O)NCCC(C)(C)CC(C)CNC(=O)OCCCCOC=C. The standard InChI is InChI=1S/C23H42N2O6/c1-6-28-14-8-10-16-30-21(26)24-13-12-23(4,5)18-20(3)19-25-22(27)31-17-11-9-15-29-7-2/h6-7,20H,1-2,8-19H2,3-5H3,(H,24,26)(H,25,27). The van der Waals surface area contributed by atoms with E-state index in [-0.39, 0.29) is 11.3 Å². The third-order valence-corrected chi connectivity index (χ3v) is 4.58. The van der Waals surface area contributed by atoms with Crippen LogP contribution in [0.2, 0.25) is 0 Å². The first-order valence-corrected chi connectivity index (χ1v) is 11.1. The molecule has 0 bridgehead atoms. The van der Waals surface area contributed by atoms with Crippen LogP contribution in [-0.2, 0) is 18.9 Å². The maximum Gasteiger partial charge on any atom is 0.407 e. The van der Waals surface area contributed by atoms with Crippen molar-refractivity contribution >= 4 is 12.2 Å². The topological polar surface area (TPSA) is 95.1 Å². The van der Waals surface area contributed by atoms with Crippen LogP contribution in [0.1, 0.15) is 59.3 Å². The van der Waals surface area contributed by atoms with Gasteiger partial charge < -0.3 is 29.6 Å².